The Kier molecular flexibility index (Phi) is 16.7. The van der Waals surface area contributed by atoms with E-state index in [-0.39, 0.29) is 55.8 Å². The number of hydrogen-bond donors (Lipinski definition) is 1. The van der Waals surface area contributed by atoms with Crippen molar-refractivity contribution in [1.82, 2.24) is 5.32 Å². The molecule has 0 saturated heterocycles. The molecule has 0 fully saturated rings. The maximum absolute atomic E-state index is 12.4. The van der Waals surface area contributed by atoms with Crippen molar-refractivity contribution in [2.24, 2.45) is 5.92 Å². The third-order valence-electron chi connectivity index (χ3n) is 6.10. The van der Waals surface area contributed by atoms with Crippen LogP contribution in [-0.4, -0.2) is 50.2 Å². The molecule has 1 aromatic carbocycles. The third kappa shape index (κ3) is 13.0. The lowest BCUT2D eigenvalue weighted by Gasteiger charge is -2.18. The molecule has 2 atom stereocenters. The van der Waals surface area contributed by atoms with Crippen molar-refractivity contribution in [3.63, 3.8) is 0 Å². The Balaban J connectivity index is 2.96. The Bertz CT molecular complexity index is 885. The molecule has 0 heterocycles. The van der Waals surface area contributed by atoms with Crippen molar-refractivity contribution in [2.45, 2.75) is 97.9 Å². The number of hydrogen-bond acceptors (Lipinski definition) is 9. The number of esters is 4. The molecule has 0 aliphatic heterocycles. The Labute approximate surface area is 226 Å². The SMILES string of the molecule is CCCCCC(=O)Oc1ccc(C[C@H](NCCOC(=O)C(C)CC)C(=O)OC)cc1OC(=O)CCCCC. The van der Waals surface area contributed by atoms with E-state index in [9.17, 15) is 19.2 Å². The van der Waals surface area contributed by atoms with Gasteiger partial charge in [0.2, 0.25) is 0 Å². The summed E-state index contributed by atoms with van der Waals surface area (Å²) < 4.78 is 21.2. The highest BCUT2D eigenvalue weighted by molar-refractivity contribution is 5.77. The molecule has 1 unspecified atom stereocenters. The summed E-state index contributed by atoms with van der Waals surface area (Å²) in [5, 5.41) is 3.06. The van der Waals surface area contributed by atoms with Gasteiger partial charge in [-0.1, -0.05) is 59.4 Å². The molecule has 38 heavy (non-hydrogen) atoms. The Morgan fingerprint density at radius 2 is 1.45 bits per heavy atom. The van der Waals surface area contributed by atoms with E-state index in [2.05, 4.69) is 12.2 Å². The summed E-state index contributed by atoms with van der Waals surface area (Å²) in [7, 11) is 1.30. The fourth-order valence-electron chi connectivity index (χ4n) is 3.54. The fourth-order valence-corrected chi connectivity index (χ4v) is 3.54. The molecule has 0 saturated carbocycles. The van der Waals surface area contributed by atoms with Crippen molar-refractivity contribution >= 4 is 23.9 Å². The predicted molar refractivity (Wildman–Crippen MR) is 144 cm³/mol. The zero-order valence-electron chi connectivity index (χ0n) is 23.6. The molecule has 0 aliphatic rings. The molecule has 0 aliphatic carbocycles. The number of nitrogens with one attached hydrogen (secondary N) is 1. The highest BCUT2D eigenvalue weighted by Crippen LogP contribution is 2.30. The van der Waals surface area contributed by atoms with Crippen molar-refractivity contribution in [2.75, 3.05) is 20.3 Å². The Morgan fingerprint density at radius 3 is 2.00 bits per heavy atom. The average Bonchev–Trinajstić information content (AvgIpc) is 2.90. The van der Waals surface area contributed by atoms with Gasteiger partial charge in [0, 0.05) is 19.4 Å². The first-order valence-electron chi connectivity index (χ1n) is 13.8. The minimum atomic E-state index is -0.724. The van der Waals surface area contributed by atoms with Crippen molar-refractivity contribution in [1.29, 1.82) is 0 Å². The van der Waals surface area contributed by atoms with Crippen molar-refractivity contribution in [3.05, 3.63) is 23.8 Å². The molecular weight excluding hydrogens is 490 g/mol. The first-order chi connectivity index (χ1) is 18.2. The molecule has 0 amide bonds. The molecule has 1 aromatic rings. The summed E-state index contributed by atoms with van der Waals surface area (Å²) in [5.74, 6) is -1.46. The summed E-state index contributed by atoms with van der Waals surface area (Å²) in [6.45, 7) is 8.18. The quantitative estimate of drug-likeness (QED) is 0.150. The molecule has 0 aromatic heterocycles. The van der Waals surface area contributed by atoms with Crippen LogP contribution in [0.5, 0.6) is 11.5 Å². The predicted octanol–water partition coefficient (Wildman–Crippen LogP) is 4.92. The van der Waals surface area contributed by atoms with Gasteiger partial charge >= 0.3 is 23.9 Å². The first kappa shape index (κ1) is 33.1. The van der Waals surface area contributed by atoms with Crippen LogP contribution in [0.25, 0.3) is 0 Å². The van der Waals surface area contributed by atoms with Crippen molar-refractivity contribution in [3.8, 4) is 11.5 Å². The van der Waals surface area contributed by atoms with Crippen LogP contribution in [0.4, 0.5) is 0 Å². The second-order valence-electron chi connectivity index (χ2n) is 9.35. The van der Waals surface area contributed by atoms with Crippen LogP contribution in [0.1, 0.15) is 91.0 Å². The minimum absolute atomic E-state index is 0.115. The van der Waals surface area contributed by atoms with Gasteiger partial charge in [-0.05, 0) is 43.4 Å². The number of benzene rings is 1. The number of carbonyl (C=O) groups excluding carboxylic acids is 4. The maximum Gasteiger partial charge on any atom is 0.323 e. The largest absolute Gasteiger partial charge is 0.468 e. The number of unbranched alkanes of at least 4 members (excludes halogenated alkanes) is 4. The second kappa shape index (κ2) is 19.2. The standard InChI is InChI=1S/C29H45NO8/c1-6-9-11-13-26(31)37-24-16-15-22(20-25(24)38-27(32)14-12-10-7-2)19-23(29(34)35-5)30-17-18-36-28(33)21(4)8-3/h15-16,20-21,23,30H,6-14,17-19H2,1-5H3/t21?,23-/m0/s1. The van der Waals surface area contributed by atoms with E-state index < -0.39 is 23.9 Å². The average molecular weight is 536 g/mol. The summed E-state index contributed by atoms with van der Waals surface area (Å²) in [4.78, 5) is 49.0. The lowest BCUT2D eigenvalue weighted by molar-refractivity contribution is -0.148. The van der Waals surface area contributed by atoms with Crippen LogP contribution >= 0.6 is 0 Å². The zero-order valence-corrected chi connectivity index (χ0v) is 23.6. The highest BCUT2D eigenvalue weighted by Gasteiger charge is 2.22. The summed E-state index contributed by atoms with van der Waals surface area (Å²) in [6.07, 6.45) is 6.65. The normalized spacial score (nSPS) is 12.3. The van der Waals surface area contributed by atoms with E-state index in [1.807, 2.05) is 13.8 Å². The van der Waals surface area contributed by atoms with Gasteiger partial charge in [0.1, 0.15) is 12.6 Å². The van der Waals surface area contributed by atoms with E-state index in [1.165, 1.54) is 7.11 Å². The van der Waals surface area contributed by atoms with Gasteiger partial charge in [0.25, 0.3) is 0 Å². The monoisotopic (exact) mass is 535 g/mol. The smallest absolute Gasteiger partial charge is 0.323 e. The van der Waals surface area contributed by atoms with Crippen LogP contribution in [-0.2, 0) is 35.1 Å². The Morgan fingerprint density at radius 1 is 0.842 bits per heavy atom. The van der Waals surface area contributed by atoms with Gasteiger partial charge in [-0.2, -0.15) is 0 Å². The van der Waals surface area contributed by atoms with Crippen LogP contribution in [0.2, 0.25) is 0 Å². The van der Waals surface area contributed by atoms with E-state index >= 15 is 0 Å². The number of carbonyl (C=O) groups is 4. The van der Waals surface area contributed by atoms with Crippen molar-refractivity contribution < 1.29 is 38.1 Å². The topological polar surface area (TPSA) is 117 Å². The lowest BCUT2D eigenvalue weighted by atomic mass is 10.0. The first-order valence-corrected chi connectivity index (χ1v) is 13.8. The molecule has 1 rings (SSSR count). The van der Waals surface area contributed by atoms with Gasteiger partial charge in [-0.25, -0.2) is 0 Å². The minimum Gasteiger partial charge on any atom is -0.468 e. The summed E-state index contributed by atoms with van der Waals surface area (Å²) in [5.41, 5.74) is 0.673. The van der Waals surface area contributed by atoms with E-state index in [0.29, 0.717) is 18.4 Å². The van der Waals surface area contributed by atoms with E-state index in [4.69, 9.17) is 18.9 Å². The third-order valence-corrected chi connectivity index (χ3v) is 6.10. The molecule has 214 valence electrons. The van der Waals surface area contributed by atoms with Gasteiger partial charge in [0.05, 0.1) is 13.0 Å². The van der Waals surface area contributed by atoms with Gasteiger partial charge < -0.3 is 24.3 Å². The van der Waals surface area contributed by atoms with Gasteiger partial charge in [-0.15, -0.1) is 0 Å². The fraction of sp³-hybridized carbons (Fsp3) is 0.655. The maximum atomic E-state index is 12.4. The summed E-state index contributed by atoms with van der Waals surface area (Å²) in [6, 6.07) is 4.17. The van der Waals surface area contributed by atoms with E-state index in [0.717, 1.165) is 32.1 Å². The lowest BCUT2D eigenvalue weighted by Crippen LogP contribution is -2.41. The van der Waals surface area contributed by atoms with E-state index in [1.54, 1.807) is 25.1 Å². The van der Waals surface area contributed by atoms with Crippen LogP contribution in [0.15, 0.2) is 18.2 Å². The zero-order chi connectivity index (χ0) is 28.3. The molecule has 1 N–H and O–H groups in total. The molecule has 0 bridgehead atoms. The molecule has 9 heteroatoms. The molecular formula is C29H45NO8. The van der Waals surface area contributed by atoms with Crippen LogP contribution in [0.3, 0.4) is 0 Å². The summed E-state index contributed by atoms with van der Waals surface area (Å²) >= 11 is 0. The molecule has 0 radical (unpaired) electrons. The van der Waals surface area contributed by atoms with Crippen LogP contribution in [0, 0.1) is 5.92 Å². The van der Waals surface area contributed by atoms with Gasteiger partial charge in [0.15, 0.2) is 11.5 Å². The number of rotatable bonds is 19. The second-order valence-corrected chi connectivity index (χ2v) is 9.35. The van der Waals surface area contributed by atoms with Gasteiger partial charge in [-0.3, -0.25) is 19.2 Å². The molecule has 9 nitrogen and oxygen atoms in total. The highest BCUT2D eigenvalue weighted by atomic mass is 16.6. The molecule has 0 spiro atoms. The number of methoxy groups -OCH3 is 1. The Hall–Kier alpha value is -2.94. The van der Waals surface area contributed by atoms with Crippen LogP contribution < -0.4 is 14.8 Å². The number of ether oxygens (including phenoxy) is 4.